The normalized spacial score (nSPS) is 9.21. The van der Waals surface area contributed by atoms with Gasteiger partial charge in [-0.05, 0) is 36.0 Å². The van der Waals surface area contributed by atoms with Crippen molar-refractivity contribution in [3.8, 4) is 0 Å². The Kier molecular flexibility index (Phi) is 7.18. The van der Waals surface area contributed by atoms with Crippen LogP contribution in [0.5, 0.6) is 0 Å². The van der Waals surface area contributed by atoms with Crippen molar-refractivity contribution in [1.29, 1.82) is 0 Å². The van der Waals surface area contributed by atoms with Gasteiger partial charge in [-0.2, -0.15) is 0 Å². The number of benzene rings is 1. The molecule has 0 heterocycles. The summed E-state index contributed by atoms with van der Waals surface area (Å²) in [5.74, 6) is 0. The Balaban J connectivity index is 0.000000791. The summed E-state index contributed by atoms with van der Waals surface area (Å²) in [6.07, 6.45) is 3.50. The third-order valence-electron chi connectivity index (χ3n) is 2.49. The Labute approximate surface area is 89.4 Å². The van der Waals surface area contributed by atoms with E-state index in [1.807, 2.05) is 13.8 Å². The van der Waals surface area contributed by atoms with Gasteiger partial charge in [0.2, 0.25) is 0 Å². The predicted molar refractivity (Wildman–Crippen MR) is 65.9 cm³/mol. The average Bonchev–Trinajstić information content (AvgIpc) is 2.30. The molecular formula is C14H24. The molecule has 0 nitrogen and oxygen atoms in total. The van der Waals surface area contributed by atoms with E-state index in [0.29, 0.717) is 0 Å². The second-order valence-corrected chi connectivity index (χ2v) is 3.12. The zero-order valence-corrected chi connectivity index (χ0v) is 10.4. The highest BCUT2D eigenvalue weighted by molar-refractivity contribution is 5.35. The molecule has 1 aromatic rings. The van der Waals surface area contributed by atoms with E-state index in [1.54, 1.807) is 5.56 Å². The third-order valence-corrected chi connectivity index (χ3v) is 2.49. The van der Waals surface area contributed by atoms with E-state index in [-0.39, 0.29) is 0 Å². The molecule has 0 aliphatic carbocycles. The number of aryl methyl sites for hydroxylation is 2. The second kappa shape index (κ2) is 7.61. The van der Waals surface area contributed by atoms with Gasteiger partial charge in [0.25, 0.3) is 0 Å². The molecule has 0 aliphatic heterocycles. The van der Waals surface area contributed by atoms with Crippen molar-refractivity contribution in [2.45, 2.75) is 53.9 Å². The molecule has 0 saturated heterocycles. The fourth-order valence-corrected chi connectivity index (χ4v) is 1.80. The molecule has 14 heavy (non-hydrogen) atoms. The molecule has 0 amide bonds. The van der Waals surface area contributed by atoms with Crippen LogP contribution in [0.1, 0.15) is 51.3 Å². The first-order chi connectivity index (χ1) is 6.83. The van der Waals surface area contributed by atoms with E-state index in [2.05, 4.69) is 39.0 Å². The Hall–Kier alpha value is -0.780. The summed E-state index contributed by atoms with van der Waals surface area (Å²) in [4.78, 5) is 0. The van der Waals surface area contributed by atoms with Crippen molar-refractivity contribution in [3.05, 3.63) is 34.9 Å². The summed E-state index contributed by atoms with van der Waals surface area (Å²) in [5, 5.41) is 0. The maximum atomic E-state index is 2.25. The van der Waals surface area contributed by atoms with E-state index in [9.17, 15) is 0 Å². The van der Waals surface area contributed by atoms with Gasteiger partial charge in [-0.1, -0.05) is 52.8 Å². The number of hydrogen-bond acceptors (Lipinski definition) is 0. The molecule has 1 aromatic carbocycles. The molecule has 0 heteroatoms. The first-order valence-corrected chi connectivity index (χ1v) is 5.93. The average molecular weight is 192 g/mol. The van der Waals surface area contributed by atoms with E-state index in [4.69, 9.17) is 0 Å². The Morgan fingerprint density at radius 3 is 1.50 bits per heavy atom. The lowest BCUT2D eigenvalue weighted by Gasteiger charge is -2.10. The molecule has 0 atom stereocenters. The minimum atomic E-state index is 1.16. The van der Waals surface area contributed by atoms with Crippen molar-refractivity contribution in [2.24, 2.45) is 0 Å². The topological polar surface area (TPSA) is 0 Å². The zero-order chi connectivity index (χ0) is 11.0. The summed E-state index contributed by atoms with van der Waals surface area (Å²) in [7, 11) is 0. The minimum absolute atomic E-state index is 1.16. The Morgan fingerprint density at radius 1 is 0.786 bits per heavy atom. The standard InChI is InChI=1S/C12H18.C2H6/c1-4-10-8-7-9-11(5-2)12(10)6-3;1-2/h7-9H,4-6H2,1-3H3;1-2H3. The quantitative estimate of drug-likeness (QED) is 0.666. The van der Waals surface area contributed by atoms with E-state index < -0.39 is 0 Å². The molecule has 80 valence electrons. The van der Waals surface area contributed by atoms with Gasteiger partial charge in [0.1, 0.15) is 0 Å². The minimum Gasteiger partial charge on any atom is -0.0683 e. The molecule has 0 fully saturated rings. The smallest absolute Gasteiger partial charge is 0.0302 e. The van der Waals surface area contributed by atoms with E-state index >= 15 is 0 Å². The van der Waals surface area contributed by atoms with Crippen LogP contribution in [0.3, 0.4) is 0 Å². The zero-order valence-electron chi connectivity index (χ0n) is 10.4. The first kappa shape index (κ1) is 13.2. The summed E-state index contributed by atoms with van der Waals surface area (Å²) in [6, 6.07) is 6.67. The SMILES string of the molecule is CC.CCc1cccc(CC)c1CC. The number of rotatable bonds is 3. The van der Waals surface area contributed by atoms with Gasteiger partial charge in [0.05, 0.1) is 0 Å². The largest absolute Gasteiger partial charge is 0.0683 e. The van der Waals surface area contributed by atoms with Crippen LogP contribution in [0.2, 0.25) is 0 Å². The van der Waals surface area contributed by atoms with Crippen molar-refractivity contribution < 1.29 is 0 Å². The van der Waals surface area contributed by atoms with Crippen LogP contribution in [-0.2, 0) is 19.3 Å². The van der Waals surface area contributed by atoms with Gasteiger partial charge < -0.3 is 0 Å². The Bertz CT molecular complexity index is 226. The molecule has 0 aliphatic rings. The van der Waals surface area contributed by atoms with Crippen LogP contribution in [0.15, 0.2) is 18.2 Å². The molecule has 0 N–H and O–H groups in total. The summed E-state index contributed by atoms with van der Waals surface area (Å²) in [6.45, 7) is 10.7. The van der Waals surface area contributed by atoms with Gasteiger partial charge in [0, 0.05) is 0 Å². The molecular weight excluding hydrogens is 168 g/mol. The first-order valence-electron chi connectivity index (χ1n) is 5.93. The van der Waals surface area contributed by atoms with Gasteiger partial charge in [0.15, 0.2) is 0 Å². The summed E-state index contributed by atoms with van der Waals surface area (Å²) in [5.41, 5.74) is 4.62. The van der Waals surface area contributed by atoms with Crippen molar-refractivity contribution in [3.63, 3.8) is 0 Å². The summed E-state index contributed by atoms with van der Waals surface area (Å²) < 4.78 is 0. The number of hydrogen-bond donors (Lipinski definition) is 0. The van der Waals surface area contributed by atoms with Crippen LogP contribution in [0.4, 0.5) is 0 Å². The van der Waals surface area contributed by atoms with Crippen LogP contribution in [0.25, 0.3) is 0 Å². The maximum Gasteiger partial charge on any atom is -0.0302 e. The lowest BCUT2D eigenvalue weighted by Crippen LogP contribution is -1.96. The molecule has 0 aromatic heterocycles. The van der Waals surface area contributed by atoms with Crippen LogP contribution in [-0.4, -0.2) is 0 Å². The second-order valence-electron chi connectivity index (χ2n) is 3.12. The highest BCUT2D eigenvalue weighted by atomic mass is 14.1. The Morgan fingerprint density at radius 2 is 1.21 bits per heavy atom. The van der Waals surface area contributed by atoms with Gasteiger partial charge in [-0.15, -0.1) is 0 Å². The molecule has 0 saturated carbocycles. The van der Waals surface area contributed by atoms with E-state index in [0.717, 1.165) is 12.8 Å². The van der Waals surface area contributed by atoms with Crippen molar-refractivity contribution in [2.75, 3.05) is 0 Å². The lowest BCUT2D eigenvalue weighted by molar-refractivity contribution is 0.981. The van der Waals surface area contributed by atoms with Gasteiger partial charge in [-0.25, -0.2) is 0 Å². The lowest BCUT2D eigenvalue weighted by atomic mass is 9.96. The van der Waals surface area contributed by atoms with E-state index in [1.165, 1.54) is 17.5 Å². The monoisotopic (exact) mass is 192 g/mol. The fraction of sp³-hybridized carbons (Fsp3) is 0.571. The molecule has 0 unspecified atom stereocenters. The summed E-state index contributed by atoms with van der Waals surface area (Å²) >= 11 is 0. The molecule has 0 radical (unpaired) electrons. The molecule has 0 bridgehead atoms. The molecule has 0 spiro atoms. The van der Waals surface area contributed by atoms with Gasteiger partial charge >= 0.3 is 0 Å². The highest BCUT2D eigenvalue weighted by Gasteiger charge is 2.02. The van der Waals surface area contributed by atoms with Crippen LogP contribution < -0.4 is 0 Å². The van der Waals surface area contributed by atoms with Crippen LogP contribution in [0, 0.1) is 0 Å². The van der Waals surface area contributed by atoms with Crippen LogP contribution >= 0.6 is 0 Å². The van der Waals surface area contributed by atoms with Crippen molar-refractivity contribution >= 4 is 0 Å². The maximum absolute atomic E-state index is 2.25. The van der Waals surface area contributed by atoms with Gasteiger partial charge in [-0.3, -0.25) is 0 Å². The fourth-order valence-electron chi connectivity index (χ4n) is 1.80. The third kappa shape index (κ3) is 3.17. The molecule has 1 rings (SSSR count). The highest BCUT2D eigenvalue weighted by Crippen LogP contribution is 2.16. The predicted octanol–water partition coefficient (Wildman–Crippen LogP) is 4.40. The van der Waals surface area contributed by atoms with Crippen molar-refractivity contribution in [1.82, 2.24) is 0 Å².